The molecule has 0 spiro atoms. The molecule has 20 heavy (non-hydrogen) atoms. The van der Waals surface area contributed by atoms with E-state index in [-0.39, 0.29) is 17.9 Å². The molecule has 0 aliphatic heterocycles. The highest BCUT2D eigenvalue weighted by Gasteiger charge is 2.20. The van der Waals surface area contributed by atoms with Crippen molar-refractivity contribution >= 4 is 23.3 Å². The van der Waals surface area contributed by atoms with Crippen molar-refractivity contribution in [2.45, 2.75) is 33.2 Å². The van der Waals surface area contributed by atoms with Gasteiger partial charge in [-0.05, 0) is 36.6 Å². The Morgan fingerprint density at radius 2 is 1.70 bits per heavy atom. The zero-order valence-electron chi connectivity index (χ0n) is 12.4. The van der Waals surface area contributed by atoms with Crippen LogP contribution in [0.3, 0.4) is 0 Å². The van der Waals surface area contributed by atoms with Gasteiger partial charge in [0.25, 0.3) is 0 Å². The second-order valence-electron chi connectivity index (χ2n) is 5.11. The number of ether oxygens (including phenoxy) is 1. The van der Waals surface area contributed by atoms with Crippen LogP contribution in [-0.2, 0) is 14.3 Å². The van der Waals surface area contributed by atoms with Crippen LogP contribution in [0.15, 0.2) is 24.3 Å². The predicted octanol–water partition coefficient (Wildman–Crippen LogP) is 2.64. The van der Waals surface area contributed by atoms with Gasteiger partial charge in [0, 0.05) is 18.3 Å². The molecule has 1 atom stereocenters. The van der Waals surface area contributed by atoms with Crippen LogP contribution in [0.5, 0.6) is 0 Å². The molecule has 5 heteroatoms. The molecule has 1 aromatic rings. The van der Waals surface area contributed by atoms with Crippen LogP contribution in [0.4, 0.5) is 11.4 Å². The smallest absolute Gasteiger partial charge is 0.328 e. The molecule has 0 fully saturated rings. The summed E-state index contributed by atoms with van der Waals surface area (Å²) in [5.41, 5.74) is 1.54. The van der Waals surface area contributed by atoms with E-state index in [9.17, 15) is 9.59 Å². The second kappa shape index (κ2) is 7.53. The number of methoxy groups -OCH3 is 1. The van der Waals surface area contributed by atoms with E-state index in [0.717, 1.165) is 11.4 Å². The van der Waals surface area contributed by atoms with E-state index in [4.69, 9.17) is 4.74 Å². The van der Waals surface area contributed by atoms with Crippen LogP contribution in [0.2, 0.25) is 0 Å². The van der Waals surface area contributed by atoms with Gasteiger partial charge in [-0.2, -0.15) is 0 Å². The molecule has 1 aromatic carbocycles. The van der Waals surface area contributed by atoms with E-state index in [1.165, 1.54) is 14.0 Å². The van der Waals surface area contributed by atoms with Gasteiger partial charge in [0.15, 0.2) is 0 Å². The molecule has 0 radical (unpaired) electrons. The van der Waals surface area contributed by atoms with Gasteiger partial charge in [0.1, 0.15) is 6.04 Å². The number of benzene rings is 1. The molecule has 0 aliphatic carbocycles. The first kappa shape index (κ1) is 16.0. The molecule has 1 rings (SSSR count). The van der Waals surface area contributed by atoms with Gasteiger partial charge in [-0.25, -0.2) is 4.79 Å². The van der Waals surface area contributed by atoms with Crippen molar-refractivity contribution in [1.29, 1.82) is 0 Å². The van der Waals surface area contributed by atoms with E-state index in [2.05, 4.69) is 24.5 Å². The van der Waals surface area contributed by atoms with E-state index in [1.54, 1.807) is 12.1 Å². The Morgan fingerprint density at radius 1 is 1.15 bits per heavy atom. The molecular formula is C15H22N2O3. The number of carbonyl (C=O) groups is 2. The summed E-state index contributed by atoms with van der Waals surface area (Å²) in [7, 11) is 1.39. The summed E-state index contributed by atoms with van der Waals surface area (Å²) >= 11 is 0. The predicted molar refractivity (Wildman–Crippen MR) is 79.6 cm³/mol. The summed E-state index contributed by atoms with van der Waals surface area (Å²) in [4.78, 5) is 22.7. The number of carbonyl (C=O) groups excluding carboxylic acids is 2. The topological polar surface area (TPSA) is 67.4 Å². The number of hydrogen-bond donors (Lipinski definition) is 2. The van der Waals surface area contributed by atoms with Gasteiger partial charge in [0.2, 0.25) is 5.91 Å². The van der Waals surface area contributed by atoms with Gasteiger partial charge in [-0.15, -0.1) is 0 Å². The third-order valence-electron chi connectivity index (χ3n) is 2.74. The molecule has 5 nitrogen and oxygen atoms in total. The number of hydrogen-bond acceptors (Lipinski definition) is 4. The number of rotatable bonds is 6. The van der Waals surface area contributed by atoms with Crippen molar-refractivity contribution in [3.63, 3.8) is 0 Å². The van der Waals surface area contributed by atoms with E-state index >= 15 is 0 Å². The minimum atomic E-state index is -0.369. The van der Waals surface area contributed by atoms with Gasteiger partial charge < -0.3 is 15.4 Å². The Morgan fingerprint density at radius 3 is 2.15 bits per heavy atom. The standard InChI is InChI=1S/C15H22N2O3/c1-10(2)9-14(15(19)20-4)17-13-7-5-12(6-8-13)16-11(3)18/h5-8,10,14,17H,9H2,1-4H3,(H,16,18)/t14-/m0/s1. The van der Waals surface area contributed by atoms with Gasteiger partial charge >= 0.3 is 5.97 Å². The Bertz CT molecular complexity index is 455. The highest BCUT2D eigenvalue weighted by atomic mass is 16.5. The minimum Gasteiger partial charge on any atom is -0.467 e. The SMILES string of the molecule is COC(=O)[C@H](CC(C)C)Nc1ccc(NC(C)=O)cc1. The van der Waals surface area contributed by atoms with Crippen molar-refractivity contribution in [2.75, 3.05) is 17.7 Å². The molecule has 1 amide bonds. The normalized spacial score (nSPS) is 11.8. The molecule has 0 aromatic heterocycles. The fourth-order valence-corrected chi connectivity index (χ4v) is 1.88. The summed E-state index contributed by atoms with van der Waals surface area (Å²) in [5, 5.41) is 5.85. The minimum absolute atomic E-state index is 0.113. The summed E-state index contributed by atoms with van der Waals surface area (Å²) in [6, 6.07) is 6.84. The molecule has 0 unspecified atom stereocenters. The van der Waals surface area contributed by atoms with Crippen LogP contribution in [0, 0.1) is 5.92 Å². The number of amides is 1. The molecular weight excluding hydrogens is 256 g/mol. The average molecular weight is 278 g/mol. The fraction of sp³-hybridized carbons (Fsp3) is 0.467. The lowest BCUT2D eigenvalue weighted by molar-refractivity contribution is -0.141. The molecule has 2 N–H and O–H groups in total. The van der Waals surface area contributed by atoms with E-state index in [0.29, 0.717) is 12.3 Å². The van der Waals surface area contributed by atoms with Crippen LogP contribution >= 0.6 is 0 Å². The maximum absolute atomic E-state index is 11.7. The first-order valence-corrected chi connectivity index (χ1v) is 6.64. The molecule has 0 heterocycles. The highest BCUT2D eigenvalue weighted by Crippen LogP contribution is 2.17. The van der Waals surface area contributed by atoms with Crippen LogP contribution in [-0.4, -0.2) is 25.0 Å². The Balaban J connectivity index is 2.73. The average Bonchev–Trinajstić information content (AvgIpc) is 2.38. The van der Waals surface area contributed by atoms with E-state index < -0.39 is 0 Å². The van der Waals surface area contributed by atoms with Gasteiger partial charge in [-0.3, -0.25) is 4.79 Å². The summed E-state index contributed by atoms with van der Waals surface area (Å²) in [6.45, 7) is 5.57. The van der Waals surface area contributed by atoms with E-state index in [1.807, 2.05) is 12.1 Å². The molecule has 110 valence electrons. The third kappa shape index (κ3) is 5.30. The maximum atomic E-state index is 11.7. The molecule has 0 bridgehead atoms. The Kier molecular flexibility index (Phi) is 6.03. The Hall–Kier alpha value is -2.04. The zero-order valence-corrected chi connectivity index (χ0v) is 12.4. The van der Waals surface area contributed by atoms with Crippen molar-refractivity contribution in [1.82, 2.24) is 0 Å². The second-order valence-corrected chi connectivity index (χ2v) is 5.11. The lowest BCUT2D eigenvalue weighted by Gasteiger charge is -2.19. The van der Waals surface area contributed by atoms with Crippen molar-refractivity contribution in [2.24, 2.45) is 5.92 Å². The van der Waals surface area contributed by atoms with Crippen LogP contribution in [0.1, 0.15) is 27.2 Å². The van der Waals surface area contributed by atoms with Gasteiger partial charge in [0.05, 0.1) is 7.11 Å². The van der Waals surface area contributed by atoms with Crippen LogP contribution in [0.25, 0.3) is 0 Å². The molecule has 0 aliphatic rings. The third-order valence-corrected chi connectivity index (χ3v) is 2.74. The summed E-state index contributed by atoms with van der Waals surface area (Å²) in [5.74, 6) is -0.00663. The van der Waals surface area contributed by atoms with Gasteiger partial charge in [-0.1, -0.05) is 13.8 Å². The zero-order chi connectivity index (χ0) is 15.1. The molecule has 0 saturated carbocycles. The summed E-state index contributed by atoms with van der Waals surface area (Å²) < 4.78 is 4.80. The lowest BCUT2D eigenvalue weighted by atomic mass is 10.0. The fourth-order valence-electron chi connectivity index (χ4n) is 1.88. The first-order valence-electron chi connectivity index (χ1n) is 6.64. The quantitative estimate of drug-likeness (QED) is 0.785. The maximum Gasteiger partial charge on any atom is 0.328 e. The van der Waals surface area contributed by atoms with Crippen molar-refractivity contribution in [3.05, 3.63) is 24.3 Å². The highest BCUT2D eigenvalue weighted by molar-refractivity contribution is 5.88. The lowest BCUT2D eigenvalue weighted by Crippen LogP contribution is -2.32. The van der Waals surface area contributed by atoms with Crippen molar-refractivity contribution < 1.29 is 14.3 Å². The number of esters is 1. The monoisotopic (exact) mass is 278 g/mol. The molecule has 0 saturated heterocycles. The van der Waals surface area contributed by atoms with Crippen LogP contribution < -0.4 is 10.6 Å². The number of anilines is 2. The number of nitrogens with one attached hydrogen (secondary N) is 2. The Labute approximate surface area is 119 Å². The summed E-state index contributed by atoms with van der Waals surface area (Å²) in [6.07, 6.45) is 0.695. The van der Waals surface area contributed by atoms with Crippen molar-refractivity contribution in [3.8, 4) is 0 Å². The largest absolute Gasteiger partial charge is 0.467 e. The first-order chi connectivity index (χ1) is 9.42.